The van der Waals surface area contributed by atoms with Crippen LogP contribution < -0.4 is 0 Å². The van der Waals surface area contributed by atoms with Gasteiger partial charge in [-0.3, -0.25) is 0 Å². The van der Waals surface area contributed by atoms with Crippen LogP contribution in [0.4, 0.5) is 0 Å². The Balaban J connectivity index is 2.21. The molecule has 2 heteroatoms. The Morgan fingerprint density at radius 3 is 2.37 bits per heavy atom. The van der Waals surface area contributed by atoms with E-state index >= 15 is 0 Å². The van der Waals surface area contributed by atoms with Crippen molar-refractivity contribution in [1.29, 1.82) is 0 Å². The number of fused-ring (bicyclic) bond motifs is 1. The highest BCUT2D eigenvalue weighted by Gasteiger charge is 2.17. The van der Waals surface area contributed by atoms with E-state index in [1.54, 1.807) is 0 Å². The molecular formula is C17H25N2+. The van der Waals surface area contributed by atoms with E-state index in [0.717, 1.165) is 24.1 Å². The highest BCUT2D eigenvalue weighted by Crippen LogP contribution is 2.21. The third-order valence-corrected chi connectivity index (χ3v) is 3.63. The highest BCUT2D eigenvalue weighted by atomic mass is 15.3. The first-order valence-corrected chi connectivity index (χ1v) is 6.91. The Morgan fingerprint density at radius 1 is 0.947 bits per heavy atom. The minimum atomic E-state index is 1.02. The van der Waals surface area contributed by atoms with E-state index in [0.29, 0.717) is 0 Å². The summed E-state index contributed by atoms with van der Waals surface area (Å²) < 4.78 is 1.02. The predicted octanol–water partition coefficient (Wildman–Crippen LogP) is 2.98. The fourth-order valence-corrected chi connectivity index (χ4v) is 2.44. The lowest BCUT2D eigenvalue weighted by Gasteiger charge is -2.31. The molecule has 2 rings (SSSR count). The van der Waals surface area contributed by atoms with Crippen LogP contribution >= 0.6 is 0 Å². The Kier molecular flexibility index (Phi) is 4.23. The van der Waals surface area contributed by atoms with Gasteiger partial charge in [0.05, 0.1) is 20.6 Å². The van der Waals surface area contributed by atoms with E-state index in [1.807, 2.05) is 0 Å². The highest BCUT2D eigenvalue weighted by molar-refractivity contribution is 5.85. The second kappa shape index (κ2) is 5.72. The summed E-state index contributed by atoms with van der Waals surface area (Å²) >= 11 is 0. The smallest absolute Gasteiger partial charge is 0.105 e. The van der Waals surface area contributed by atoms with Crippen LogP contribution in [0.3, 0.4) is 0 Å². The number of likely N-dealkylation sites (N-methyl/N-ethyl adjacent to an activating group) is 2. The van der Waals surface area contributed by atoms with Crippen molar-refractivity contribution in [3.63, 3.8) is 0 Å². The Labute approximate surface area is 116 Å². The number of benzene rings is 2. The van der Waals surface area contributed by atoms with Crippen LogP contribution in [-0.4, -0.2) is 50.7 Å². The topological polar surface area (TPSA) is 3.24 Å². The van der Waals surface area contributed by atoms with Crippen LogP contribution in [0.2, 0.25) is 0 Å². The maximum atomic E-state index is 2.31. The SMILES string of the molecule is CN(C)CC[N+](C)(C)Cc1cccc2ccccc12. The lowest BCUT2D eigenvalue weighted by Crippen LogP contribution is -2.43. The first-order valence-electron chi connectivity index (χ1n) is 6.91. The van der Waals surface area contributed by atoms with Gasteiger partial charge in [-0.05, 0) is 24.9 Å². The zero-order valence-corrected chi connectivity index (χ0v) is 12.6. The van der Waals surface area contributed by atoms with Gasteiger partial charge in [-0.2, -0.15) is 0 Å². The summed E-state index contributed by atoms with van der Waals surface area (Å²) in [7, 11) is 8.90. The minimum Gasteiger partial charge on any atom is -0.324 e. The van der Waals surface area contributed by atoms with Gasteiger partial charge < -0.3 is 9.38 Å². The van der Waals surface area contributed by atoms with Crippen molar-refractivity contribution >= 4 is 10.8 Å². The van der Waals surface area contributed by atoms with Crippen molar-refractivity contribution in [1.82, 2.24) is 4.90 Å². The molecule has 0 fully saturated rings. The summed E-state index contributed by atoms with van der Waals surface area (Å²) in [5.74, 6) is 0. The van der Waals surface area contributed by atoms with Gasteiger partial charge in [0.15, 0.2) is 0 Å². The molecule has 0 aliphatic carbocycles. The van der Waals surface area contributed by atoms with E-state index in [1.165, 1.54) is 16.3 Å². The third kappa shape index (κ3) is 3.79. The molecule has 0 radical (unpaired) electrons. The van der Waals surface area contributed by atoms with Gasteiger partial charge in [-0.15, -0.1) is 0 Å². The second-order valence-corrected chi connectivity index (χ2v) is 6.26. The monoisotopic (exact) mass is 257 g/mol. The summed E-state index contributed by atoms with van der Waals surface area (Å²) in [5, 5.41) is 2.73. The molecule has 2 nitrogen and oxygen atoms in total. The van der Waals surface area contributed by atoms with Crippen LogP contribution in [0, 0.1) is 0 Å². The van der Waals surface area contributed by atoms with Gasteiger partial charge in [0.25, 0.3) is 0 Å². The predicted molar refractivity (Wildman–Crippen MR) is 83.2 cm³/mol. The quantitative estimate of drug-likeness (QED) is 0.744. The van der Waals surface area contributed by atoms with Crippen molar-refractivity contribution < 1.29 is 4.48 Å². The number of hydrogen-bond acceptors (Lipinski definition) is 1. The zero-order chi connectivity index (χ0) is 13.9. The number of rotatable bonds is 5. The lowest BCUT2D eigenvalue weighted by atomic mass is 10.0. The third-order valence-electron chi connectivity index (χ3n) is 3.63. The summed E-state index contributed by atoms with van der Waals surface area (Å²) in [6.07, 6.45) is 0. The molecule has 0 aliphatic rings. The summed E-state index contributed by atoms with van der Waals surface area (Å²) in [6, 6.07) is 15.3. The van der Waals surface area contributed by atoms with Crippen molar-refractivity contribution in [3.8, 4) is 0 Å². The van der Waals surface area contributed by atoms with E-state index in [2.05, 4.69) is 75.6 Å². The van der Waals surface area contributed by atoms with Crippen molar-refractivity contribution in [2.24, 2.45) is 0 Å². The molecule has 0 amide bonds. The lowest BCUT2D eigenvalue weighted by molar-refractivity contribution is -0.902. The molecule has 0 N–H and O–H groups in total. The maximum Gasteiger partial charge on any atom is 0.105 e. The molecular weight excluding hydrogens is 232 g/mol. The van der Waals surface area contributed by atoms with Gasteiger partial charge in [0.2, 0.25) is 0 Å². The van der Waals surface area contributed by atoms with E-state index in [4.69, 9.17) is 0 Å². The second-order valence-electron chi connectivity index (χ2n) is 6.26. The first kappa shape index (κ1) is 14.0. The molecule has 0 atom stereocenters. The van der Waals surface area contributed by atoms with Gasteiger partial charge in [0.1, 0.15) is 6.54 Å². The fraction of sp³-hybridized carbons (Fsp3) is 0.412. The molecule has 2 aromatic rings. The Morgan fingerprint density at radius 2 is 1.63 bits per heavy atom. The molecule has 0 saturated heterocycles. The molecule has 0 bridgehead atoms. The Hall–Kier alpha value is -1.38. The van der Waals surface area contributed by atoms with Crippen LogP contribution in [0.1, 0.15) is 5.56 Å². The minimum absolute atomic E-state index is 1.02. The molecule has 0 aliphatic heterocycles. The normalized spacial score (nSPS) is 12.3. The van der Waals surface area contributed by atoms with Crippen LogP contribution in [0.5, 0.6) is 0 Å². The zero-order valence-electron chi connectivity index (χ0n) is 12.6. The Bertz CT molecular complexity index is 538. The number of hydrogen-bond donors (Lipinski definition) is 0. The maximum absolute atomic E-state index is 2.31. The standard InChI is InChI=1S/C17H25N2/c1-18(2)12-13-19(3,4)14-16-10-7-9-15-8-5-6-11-17(15)16/h5-11H,12-14H2,1-4H3/q+1. The van der Waals surface area contributed by atoms with Crippen molar-refractivity contribution in [3.05, 3.63) is 48.0 Å². The molecule has 0 saturated carbocycles. The van der Waals surface area contributed by atoms with Crippen LogP contribution in [-0.2, 0) is 6.54 Å². The molecule has 19 heavy (non-hydrogen) atoms. The summed E-state index contributed by atoms with van der Waals surface area (Å²) in [4.78, 5) is 2.25. The van der Waals surface area contributed by atoms with E-state index < -0.39 is 0 Å². The van der Waals surface area contributed by atoms with Gasteiger partial charge in [-0.1, -0.05) is 42.5 Å². The van der Waals surface area contributed by atoms with Crippen molar-refractivity contribution in [2.45, 2.75) is 6.54 Å². The van der Waals surface area contributed by atoms with E-state index in [9.17, 15) is 0 Å². The first-order chi connectivity index (χ1) is 8.98. The molecule has 0 spiro atoms. The van der Waals surface area contributed by atoms with Crippen molar-refractivity contribution in [2.75, 3.05) is 41.3 Å². The van der Waals surface area contributed by atoms with Crippen LogP contribution in [0.25, 0.3) is 10.8 Å². The molecule has 2 aromatic carbocycles. The summed E-state index contributed by atoms with van der Waals surface area (Å²) in [6.45, 7) is 3.36. The number of nitrogens with zero attached hydrogens (tertiary/aromatic N) is 2. The number of quaternary nitrogens is 1. The molecule has 0 aromatic heterocycles. The molecule has 0 heterocycles. The average Bonchev–Trinajstić information content (AvgIpc) is 2.37. The largest absolute Gasteiger partial charge is 0.324 e. The fourth-order valence-electron chi connectivity index (χ4n) is 2.44. The molecule has 0 unspecified atom stereocenters. The van der Waals surface area contributed by atoms with Gasteiger partial charge >= 0.3 is 0 Å². The molecule has 102 valence electrons. The average molecular weight is 257 g/mol. The summed E-state index contributed by atoms with van der Waals surface area (Å²) in [5.41, 5.74) is 1.45. The van der Waals surface area contributed by atoms with Crippen LogP contribution in [0.15, 0.2) is 42.5 Å². The van der Waals surface area contributed by atoms with Gasteiger partial charge in [-0.25, -0.2) is 0 Å². The van der Waals surface area contributed by atoms with E-state index in [-0.39, 0.29) is 0 Å². The van der Waals surface area contributed by atoms with Gasteiger partial charge in [0, 0.05) is 12.1 Å².